The van der Waals surface area contributed by atoms with E-state index in [1.54, 1.807) is 17.7 Å². The molecule has 2 unspecified atom stereocenters. The highest BCUT2D eigenvalue weighted by Gasteiger charge is 2.38. The summed E-state index contributed by atoms with van der Waals surface area (Å²) in [5.41, 5.74) is 3.06. The van der Waals surface area contributed by atoms with Crippen LogP contribution in [0.5, 0.6) is 0 Å². The van der Waals surface area contributed by atoms with Gasteiger partial charge in [-0.15, -0.1) is 0 Å². The van der Waals surface area contributed by atoms with Crippen LogP contribution in [0.2, 0.25) is 0 Å². The van der Waals surface area contributed by atoms with Gasteiger partial charge in [-0.25, -0.2) is 4.98 Å². The summed E-state index contributed by atoms with van der Waals surface area (Å²) in [5.74, 6) is 0.438. The van der Waals surface area contributed by atoms with Crippen molar-refractivity contribution in [3.8, 4) is 0 Å². The van der Waals surface area contributed by atoms with Gasteiger partial charge in [-0.3, -0.25) is 9.62 Å². The third-order valence-electron chi connectivity index (χ3n) is 6.55. The van der Waals surface area contributed by atoms with Crippen molar-refractivity contribution < 1.29 is 8.42 Å². The molecule has 1 N–H and O–H groups in total. The minimum Gasteiger partial charge on any atom is -0.339 e. The number of hydrogen-bond acceptors (Lipinski definition) is 4. The quantitative estimate of drug-likeness (QED) is 0.631. The number of sulfonamides is 1. The smallest absolute Gasteiger partial charge is 0.280 e. The minimum absolute atomic E-state index is 0.0142. The maximum Gasteiger partial charge on any atom is 0.280 e. The monoisotopic (exact) mass is 438 g/mol. The Morgan fingerprint density at radius 3 is 2.61 bits per heavy atom. The first-order chi connectivity index (χ1) is 14.8. The SMILES string of the molecule is CC1CN(Cc2ccccc2)CCC1(C)c1cccc(NS(=O)(=O)c2cn(C)cn2)c1. The molecular weight excluding hydrogens is 408 g/mol. The lowest BCUT2D eigenvalue weighted by Crippen LogP contribution is -2.46. The summed E-state index contributed by atoms with van der Waals surface area (Å²) < 4.78 is 29.6. The van der Waals surface area contributed by atoms with E-state index in [1.165, 1.54) is 23.7 Å². The lowest BCUT2D eigenvalue weighted by Gasteiger charge is -2.45. The topological polar surface area (TPSA) is 67.2 Å². The second-order valence-electron chi connectivity index (χ2n) is 8.85. The number of benzene rings is 2. The Morgan fingerprint density at radius 2 is 1.94 bits per heavy atom. The van der Waals surface area contributed by atoms with Crippen LogP contribution >= 0.6 is 0 Å². The molecule has 0 radical (unpaired) electrons. The Labute approximate surface area is 185 Å². The Bertz CT molecular complexity index is 1140. The summed E-state index contributed by atoms with van der Waals surface area (Å²) >= 11 is 0. The highest BCUT2D eigenvalue weighted by Crippen LogP contribution is 2.40. The van der Waals surface area contributed by atoms with Crippen LogP contribution in [-0.2, 0) is 29.0 Å². The summed E-state index contributed by atoms with van der Waals surface area (Å²) in [6, 6.07) is 18.4. The number of imidazole rings is 1. The highest BCUT2D eigenvalue weighted by molar-refractivity contribution is 7.92. The summed E-state index contributed by atoms with van der Waals surface area (Å²) in [7, 11) is -1.96. The van der Waals surface area contributed by atoms with Crippen molar-refractivity contribution in [1.29, 1.82) is 0 Å². The molecule has 1 aliphatic rings. The van der Waals surface area contributed by atoms with Gasteiger partial charge in [0.05, 0.1) is 6.33 Å². The standard InChI is InChI=1S/C24H30N4O2S/c1-19-15-28(16-20-8-5-4-6-9-20)13-12-24(19,2)21-10-7-11-22(14-21)26-31(29,30)23-17-27(3)18-25-23/h4-11,14,17-19,26H,12-13,15-16H2,1-3H3. The molecule has 3 aromatic rings. The zero-order valence-electron chi connectivity index (χ0n) is 18.3. The predicted molar refractivity (Wildman–Crippen MR) is 123 cm³/mol. The molecule has 1 saturated heterocycles. The van der Waals surface area contributed by atoms with E-state index < -0.39 is 10.0 Å². The number of anilines is 1. The van der Waals surface area contributed by atoms with Crippen LogP contribution in [0.4, 0.5) is 5.69 Å². The maximum atomic E-state index is 12.7. The van der Waals surface area contributed by atoms with Crippen molar-refractivity contribution in [3.63, 3.8) is 0 Å². The number of aromatic nitrogens is 2. The van der Waals surface area contributed by atoms with Crippen LogP contribution in [-0.4, -0.2) is 36.0 Å². The fourth-order valence-electron chi connectivity index (χ4n) is 4.40. The van der Waals surface area contributed by atoms with Crippen LogP contribution in [0.1, 0.15) is 31.4 Å². The van der Waals surface area contributed by atoms with E-state index in [0.29, 0.717) is 11.6 Å². The molecule has 0 spiro atoms. The molecule has 4 rings (SSSR count). The average Bonchev–Trinajstić information content (AvgIpc) is 3.19. The number of nitrogens with zero attached hydrogens (tertiary/aromatic N) is 3. The Balaban J connectivity index is 1.49. The number of hydrogen-bond donors (Lipinski definition) is 1. The summed E-state index contributed by atoms with van der Waals surface area (Å²) in [5, 5.41) is 0.0224. The van der Waals surface area contributed by atoms with Crippen molar-refractivity contribution in [3.05, 3.63) is 78.2 Å². The second kappa shape index (κ2) is 8.48. The molecule has 0 amide bonds. The Morgan fingerprint density at radius 1 is 1.16 bits per heavy atom. The molecule has 7 heteroatoms. The Kier molecular flexibility index (Phi) is 5.90. The molecule has 0 saturated carbocycles. The van der Waals surface area contributed by atoms with Crippen molar-refractivity contribution in [2.24, 2.45) is 13.0 Å². The van der Waals surface area contributed by atoms with Gasteiger partial charge in [0.15, 0.2) is 5.03 Å². The zero-order valence-corrected chi connectivity index (χ0v) is 19.1. The predicted octanol–water partition coefficient (Wildman–Crippen LogP) is 4.02. The molecule has 2 atom stereocenters. The van der Waals surface area contributed by atoms with Gasteiger partial charge in [0.2, 0.25) is 0 Å². The van der Waals surface area contributed by atoms with Crippen LogP contribution < -0.4 is 4.72 Å². The molecule has 2 heterocycles. The molecule has 0 aliphatic carbocycles. The maximum absolute atomic E-state index is 12.7. The van der Waals surface area contributed by atoms with Gasteiger partial charge in [0, 0.05) is 32.0 Å². The second-order valence-corrected chi connectivity index (χ2v) is 10.5. The van der Waals surface area contributed by atoms with E-state index in [-0.39, 0.29) is 10.4 Å². The van der Waals surface area contributed by atoms with Crippen LogP contribution in [0.3, 0.4) is 0 Å². The summed E-state index contributed by atoms with van der Waals surface area (Å²) in [6.07, 6.45) is 4.01. The number of nitrogens with one attached hydrogen (secondary N) is 1. The largest absolute Gasteiger partial charge is 0.339 e. The van der Waals surface area contributed by atoms with Gasteiger partial charge in [0.25, 0.3) is 10.0 Å². The van der Waals surface area contributed by atoms with Crippen molar-refractivity contribution in [1.82, 2.24) is 14.5 Å². The van der Waals surface area contributed by atoms with Crippen LogP contribution in [0, 0.1) is 5.92 Å². The van der Waals surface area contributed by atoms with E-state index >= 15 is 0 Å². The van der Waals surface area contributed by atoms with Gasteiger partial charge in [-0.2, -0.15) is 8.42 Å². The average molecular weight is 439 g/mol. The van der Waals surface area contributed by atoms with Crippen molar-refractivity contribution in [2.75, 3.05) is 17.8 Å². The minimum atomic E-state index is -3.71. The highest BCUT2D eigenvalue weighted by atomic mass is 32.2. The van der Waals surface area contributed by atoms with E-state index in [9.17, 15) is 8.42 Å². The molecule has 31 heavy (non-hydrogen) atoms. The molecular formula is C24H30N4O2S. The van der Waals surface area contributed by atoms with Gasteiger partial charge < -0.3 is 4.57 Å². The summed E-state index contributed by atoms with van der Waals surface area (Å²) in [6.45, 7) is 7.58. The van der Waals surface area contributed by atoms with E-state index in [0.717, 1.165) is 26.1 Å². The van der Waals surface area contributed by atoms with Crippen LogP contribution in [0.15, 0.2) is 72.1 Å². The van der Waals surface area contributed by atoms with Crippen LogP contribution in [0.25, 0.3) is 0 Å². The number of rotatable bonds is 6. The molecule has 2 aromatic carbocycles. The Hall–Kier alpha value is -2.64. The molecule has 1 fully saturated rings. The first kappa shape index (κ1) is 21.6. The number of piperidine rings is 1. The molecule has 0 bridgehead atoms. The van der Waals surface area contributed by atoms with Gasteiger partial charge in [-0.05, 0) is 47.6 Å². The molecule has 164 valence electrons. The lowest BCUT2D eigenvalue weighted by atomic mass is 9.68. The van der Waals surface area contributed by atoms with E-state index in [2.05, 4.69) is 64.9 Å². The zero-order chi connectivity index (χ0) is 22.1. The third kappa shape index (κ3) is 4.67. The summed E-state index contributed by atoms with van der Waals surface area (Å²) in [4.78, 5) is 6.48. The van der Waals surface area contributed by atoms with Crippen molar-refractivity contribution >= 4 is 15.7 Å². The van der Waals surface area contributed by atoms with Gasteiger partial charge >= 0.3 is 0 Å². The number of aryl methyl sites for hydroxylation is 1. The normalized spacial score (nSPS) is 22.4. The molecule has 6 nitrogen and oxygen atoms in total. The van der Waals surface area contributed by atoms with Crippen molar-refractivity contribution in [2.45, 2.75) is 37.3 Å². The first-order valence-corrected chi connectivity index (χ1v) is 12.1. The molecule has 1 aliphatic heterocycles. The number of likely N-dealkylation sites (tertiary alicyclic amines) is 1. The third-order valence-corrected chi connectivity index (χ3v) is 7.81. The fourth-order valence-corrected chi connectivity index (χ4v) is 5.44. The molecule has 1 aromatic heterocycles. The van der Waals surface area contributed by atoms with E-state index in [4.69, 9.17) is 0 Å². The lowest BCUT2D eigenvalue weighted by molar-refractivity contribution is 0.105. The fraction of sp³-hybridized carbons (Fsp3) is 0.375. The van der Waals surface area contributed by atoms with Gasteiger partial charge in [0.1, 0.15) is 0 Å². The first-order valence-electron chi connectivity index (χ1n) is 10.6. The van der Waals surface area contributed by atoms with Gasteiger partial charge in [-0.1, -0.05) is 56.3 Å². The van der Waals surface area contributed by atoms with E-state index in [1.807, 2.05) is 12.1 Å².